The van der Waals surface area contributed by atoms with E-state index in [-0.39, 0.29) is 17.9 Å². The second-order valence-corrected chi connectivity index (χ2v) is 8.11. The summed E-state index contributed by atoms with van der Waals surface area (Å²) in [6, 6.07) is 13.8. The van der Waals surface area contributed by atoms with Crippen LogP contribution in [0.1, 0.15) is 55.0 Å². The van der Waals surface area contributed by atoms with E-state index in [9.17, 15) is 9.59 Å². The Balaban J connectivity index is 2.26. The molecular formula is C25H34N2O2. The van der Waals surface area contributed by atoms with E-state index < -0.39 is 6.04 Å². The molecular weight excluding hydrogens is 360 g/mol. The lowest BCUT2D eigenvalue weighted by molar-refractivity contribution is -0.140. The summed E-state index contributed by atoms with van der Waals surface area (Å²) in [6.45, 7) is 12.3. The molecule has 156 valence electrons. The average molecular weight is 395 g/mol. The Morgan fingerprint density at radius 3 is 2.21 bits per heavy atom. The summed E-state index contributed by atoms with van der Waals surface area (Å²) in [7, 11) is 0. The number of rotatable bonds is 8. The van der Waals surface area contributed by atoms with E-state index in [0.29, 0.717) is 13.0 Å². The van der Waals surface area contributed by atoms with Crippen molar-refractivity contribution in [3.63, 3.8) is 0 Å². The first kappa shape index (κ1) is 22.7. The van der Waals surface area contributed by atoms with Gasteiger partial charge in [0, 0.05) is 12.6 Å². The number of amides is 2. The van der Waals surface area contributed by atoms with Crippen LogP contribution in [-0.4, -0.2) is 28.8 Å². The molecule has 0 spiro atoms. The van der Waals surface area contributed by atoms with E-state index in [1.807, 2.05) is 71.9 Å². The fourth-order valence-corrected chi connectivity index (χ4v) is 3.19. The van der Waals surface area contributed by atoms with Crippen LogP contribution in [0.2, 0.25) is 0 Å². The Morgan fingerprint density at radius 1 is 0.966 bits per heavy atom. The molecule has 4 heteroatoms. The van der Waals surface area contributed by atoms with Gasteiger partial charge < -0.3 is 10.2 Å². The zero-order valence-corrected chi connectivity index (χ0v) is 18.6. The fourth-order valence-electron chi connectivity index (χ4n) is 3.19. The minimum absolute atomic E-state index is 0.0360. The van der Waals surface area contributed by atoms with Crippen LogP contribution >= 0.6 is 0 Å². The summed E-state index contributed by atoms with van der Waals surface area (Å²) < 4.78 is 0. The first-order chi connectivity index (χ1) is 13.7. The van der Waals surface area contributed by atoms with Crippen molar-refractivity contribution in [2.24, 2.45) is 0 Å². The van der Waals surface area contributed by atoms with Gasteiger partial charge in [0.2, 0.25) is 11.8 Å². The standard InChI is InChI=1S/C25H34N2O2/c1-7-20(5)26-25(29)21(6)27(16-22-12-9-17(2)10-13-22)24(28)15-23-14-18(3)8-11-19(23)4/h8-14,20-21H,7,15-16H2,1-6H3,(H,26,29)/t20-,21-/m1/s1. The zero-order chi connectivity index (χ0) is 21.6. The summed E-state index contributed by atoms with van der Waals surface area (Å²) in [6.07, 6.45) is 1.15. The van der Waals surface area contributed by atoms with E-state index in [2.05, 4.69) is 17.4 Å². The van der Waals surface area contributed by atoms with Gasteiger partial charge in [-0.05, 0) is 57.7 Å². The first-order valence-electron chi connectivity index (χ1n) is 10.4. The highest BCUT2D eigenvalue weighted by Crippen LogP contribution is 2.16. The molecule has 0 aliphatic carbocycles. The van der Waals surface area contributed by atoms with Crippen LogP contribution in [0.15, 0.2) is 42.5 Å². The number of nitrogens with one attached hydrogen (secondary N) is 1. The zero-order valence-electron chi connectivity index (χ0n) is 18.6. The van der Waals surface area contributed by atoms with Gasteiger partial charge in [0.15, 0.2) is 0 Å². The van der Waals surface area contributed by atoms with Gasteiger partial charge in [-0.1, -0.05) is 60.5 Å². The lowest BCUT2D eigenvalue weighted by Gasteiger charge is -2.30. The highest BCUT2D eigenvalue weighted by atomic mass is 16.2. The first-order valence-corrected chi connectivity index (χ1v) is 10.4. The number of nitrogens with zero attached hydrogens (tertiary/aromatic N) is 1. The van der Waals surface area contributed by atoms with Crippen molar-refractivity contribution < 1.29 is 9.59 Å². The molecule has 2 aromatic rings. The van der Waals surface area contributed by atoms with Gasteiger partial charge in [-0.2, -0.15) is 0 Å². The number of aryl methyl sites for hydroxylation is 3. The van der Waals surface area contributed by atoms with Gasteiger partial charge >= 0.3 is 0 Å². The third-order valence-corrected chi connectivity index (χ3v) is 5.49. The normalized spacial score (nSPS) is 12.9. The van der Waals surface area contributed by atoms with Gasteiger partial charge in [0.25, 0.3) is 0 Å². The van der Waals surface area contributed by atoms with Gasteiger partial charge in [-0.3, -0.25) is 9.59 Å². The number of benzene rings is 2. The minimum Gasteiger partial charge on any atom is -0.352 e. The van der Waals surface area contributed by atoms with Crippen molar-refractivity contribution in [1.82, 2.24) is 10.2 Å². The molecule has 0 aliphatic heterocycles. The van der Waals surface area contributed by atoms with Crippen LogP contribution in [0.25, 0.3) is 0 Å². The third-order valence-electron chi connectivity index (χ3n) is 5.49. The quantitative estimate of drug-likeness (QED) is 0.717. The van der Waals surface area contributed by atoms with Gasteiger partial charge in [-0.25, -0.2) is 0 Å². The van der Waals surface area contributed by atoms with Gasteiger partial charge in [0.1, 0.15) is 6.04 Å². The smallest absolute Gasteiger partial charge is 0.242 e. The van der Waals surface area contributed by atoms with Crippen molar-refractivity contribution in [1.29, 1.82) is 0 Å². The van der Waals surface area contributed by atoms with Crippen LogP contribution in [-0.2, 0) is 22.6 Å². The third kappa shape index (κ3) is 6.45. The van der Waals surface area contributed by atoms with Gasteiger partial charge in [-0.15, -0.1) is 0 Å². The van der Waals surface area contributed by atoms with Crippen molar-refractivity contribution >= 4 is 11.8 Å². The van der Waals surface area contributed by atoms with Crippen LogP contribution in [0.5, 0.6) is 0 Å². The van der Waals surface area contributed by atoms with Crippen LogP contribution in [0.4, 0.5) is 0 Å². The minimum atomic E-state index is -0.539. The van der Waals surface area contributed by atoms with Crippen molar-refractivity contribution in [3.05, 3.63) is 70.3 Å². The molecule has 0 saturated carbocycles. The molecule has 0 aliphatic rings. The number of hydrogen-bond donors (Lipinski definition) is 1. The largest absolute Gasteiger partial charge is 0.352 e. The molecule has 2 rings (SSSR count). The maximum atomic E-state index is 13.3. The Kier molecular flexibility index (Phi) is 8.00. The van der Waals surface area contributed by atoms with E-state index in [0.717, 1.165) is 28.7 Å². The van der Waals surface area contributed by atoms with Gasteiger partial charge in [0.05, 0.1) is 6.42 Å². The predicted molar refractivity (Wildman–Crippen MR) is 119 cm³/mol. The predicted octanol–water partition coefficient (Wildman–Crippen LogP) is 4.49. The second-order valence-electron chi connectivity index (χ2n) is 8.11. The summed E-state index contributed by atoms with van der Waals surface area (Å²) in [4.78, 5) is 27.8. The maximum absolute atomic E-state index is 13.3. The summed E-state index contributed by atoms with van der Waals surface area (Å²) in [5, 5.41) is 3.01. The SMILES string of the molecule is CC[C@@H](C)NC(=O)[C@@H](C)N(Cc1ccc(C)cc1)C(=O)Cc1cc(C)ccc1C. The average Bonchev–Trinajstić information content (AvgIpc) is 2.69. The summed E-state index contributed by atoms with van der Waals surface area (Å²) in [5.74, 6) is -0.146. The molecule has 0 aromatic heterocycles. The summed E-state index contributed by atoms with van der Waals surface area (Å²) >= 11 is 0. The molecule has 0 bridgehead atoms. The Labute approximate surface area is 175 Å². The van der Waals surface area contributed by atoms with E-state index in [1.54, 1.807) is 4.90 Å². The van der Waals surface area contributed by atoms with Crippen LogP contribution in [0, 0.1) is 20.8 Å². The molecule has 0 fully saturated rings. The highest BCUT2D eigenvalue weighted by molar-refractivity contribution is 5.88. The second kappa shape index (κ2) is 10.2. The molecule has 0 saturated heterocycles. The fraction of sp³-hybridized carbons (Fsp3) is 0.440. The highest BCUT2D eigenvalue weighted by Gasteiger charge is 2.27. The topological polar surface area (TPSA) is 49.4 Å². The number of carbonyl (C=O) groups is 2. The molecule has 0 unspecified atom stereocenters. The van der Waals surface area contributed by atoms with E-state index >= 15 is 0 Å². The van der Waals surface area contributed by atoms with Crippen molar-refractivity contribution in [2.75, 3.05) is 0 Å². The maximum Gasteiger partial charge on any atom is 0.242 e. The molecule has 0 radical (unpaired) electrons. The molecule has 4 nitrogen and oxygen atoms in total. The van der Waals surface area contributed by atoms with E-state index in [1.165, 1.54) is 5.56 Å². The Morgan fingerprint density at radius 2 is 1.59 bits per heavy atom. The monoisotopic (exact) mass is 394 g/mol. The Hall–Kier alpha value is -2.62. The van der Waals surface area contributed by atoms with Crippen molar-refractivity contribution in [2.45, 2.75) is 73.0 Å². The lowest BCUT2D eigenvalue weighted by Crippen LogP contribution is -2.49. The molecule has 2 atom stereocenters. The molecule has 2 amide bonds. The lowest BCUT2D eigenvalue weighted by atomic mass is 10.0. The van der Waals surface area contributed by atoms with Crippen LogP contribution in [0.3, 0.4) is 0 Å². The van der Waals surface area contributed by atoms with Crippen LogP contribution < -0.4 is 5.32 Å². The molecule has 2 aromatic carbocycles. The summed E-state index contributed by atoms with van der Waals surface area (Å²) in [5.41, 5.74) is 5.43. The van der Waals surface area contributed by atoms with Crippen molar-refractivity contribution in [3.8, 4) is 0 Å². The van der Waals surface area contributed by atoms with E-state index in [4.69, 9.17) is 0 Å². The molecule has 0 heterocycles. The number of hydrogen-bond acceptors (Lipinski definition) is 2. The number of carbonyl (C=O) groups excluding carboxylic acids is 2. The molecule has 1 N–H and O–H groups in total. The molecule has 29 heavy (non-hydrogen) atoms. The Bertz CT molecular complexity index is 842.